The Hall–Kier alpha value is -1.85. The van der Waals surface area contributed by atoms with E-state index in [1.807, 2.05) is 20.8 Å². The molecule has 0 bridgehead atoms. The van der Waals surface area contributed by atoms with E-state index in [1.165, 1.54) is 0 Å². The number of nitrogens with one attached hydrogen (secondary N) is 1. The molecule has 1 fully saturated rings. The molecule has 6 heteroatoms. The third-order valence-electron chi connectivity index (χ3n) is 2.76. The normalized spacial score (nSPS) is 19.3. The Balaban J connectivity index is 1.85. The number of carbonyl (C=O) groups excluding carboxylic acids is 1. The van der Waals surface area contributed by atoms with Gasteiger partial charge in [-0.2, -0.15) is 0 Å². The third-order valence-corrected chi connectivity index (χ3v) is 2.76. The van der Waals surface area contributed by atoms with Gasteiger partial charge >= 0.3 is 6.09 Å². The van der Waals surface area contributed by atoms with Gasteiger partial charge in [0, 0.05) is 31.5 Å². The number of amides is 1. The molecule has 1 aliphatic rings. The minimum Gasteiger partial charge on any atom is -0.444 e. The van der Waals surface area contributed by atoms with Crippen LogP contribution in [0.2, 0.25) is 0 Å². The van der Waals surface area contributed by atoms with Gasteiger partial charge in [-0.1, -0.05) is 0 Å². The highest BCUT2D eigenvalue weighted by molar-refractivity contribution is 5.68. The largest absolute Gasteiger partial charge is 0.444 e. The van der Waals surface area contributed by atoms with Crippen LogP contribution in [0.1, 0.15) is 27.2 Å². The fourth-order valence-electron chi connectivity index (χ4n) is 1.95. The average molecular weight is 264 g/mol. The van der Waals surface area contributed by atoms with Gasteiger partial charge in [-0.05, 0) is 27.2 Å². The van der Waals surface area contributed by atoms with Gasteiger partial charge in [0.05, 0.1) is 6.20 Å². The van der Waals surface area contributed by atoms with Crippen molar-refractivity contribution in [1.29, 1.82) is 0 Å². The molecule has 1 aromatic heterocycles. The first-order valence-electron chi connectivity index (χ1n) is 6.44. The van der Waals surface area contributed by atoms with Gasteiger partial charge < -0.3 is 15.0 Å². The van der Waals surface area contributed by atoms with Gasteiger partial charge in [-0.15, -0.1) is 0 Å². The molecule has 0 aliphatic carbocycles. The molecule has 1 N–H and O–H groups in total. The van der Waals surface area contributed by atoms with Crippen LogP contribution in [0.4, 0.5) is 10.6 Å². The van der Waals surface area contributed by atoms with Crippen LogP contribution in [-0.4, -0.2) is 45.7 Å². The van der Waals surface area contributed by atoms with Gasteiger partial charge in [-0.25, -0.2) is 9.78 Å². The summed E-state index contributed by atoms with van der Waals surface area (Å²) >= 11 is 0. The topological polar surface area (TPSA) is 67.3 Å². The van der Waals surface area contributed by atoms with Gasteiger partial charge in [0.2, 0.25) is 0 Å². The van der Waals surface area contributed by atoms with Crippen molar-refractivity contribution >= 4 is 11.9 Å². The number of carbonyl (C=O) groups is 1. The Kier molecular flexibility index (Phi) is 3.87. The zero-order chi connectivity index (χ0) is 13.9. The molecular weight excluding hydrogens is 244 g/mol. The van der Waals surface area contributed by atoms with E-state index in [4.69, 9.17) is 4.74 Å². The van der Waals surface area contributed by atoms with Crippen LogP contribution in [0, 0.1) is 0 Å². The summed E-state index contributed by atoms with van der Waals surface area (Å²) in [7, 11) is 0. The van der Waals surface area contributed by atoms with Gasteiger partial charge in [0.1, 0.15) is 11.4 Å². The van der Waals surface area contributed by atoms with Crippen LogP contribution in [0.15, 0.2) is 18.6 Å². The first kappa shape index (κ1) is 13.6. The molecule has 1 saturated heterocycles. The summed E-state index contributed by atoms with van der Waals surface area (Å²) in [5, 5.41) is 3.27. The molecule has 2 rings (SSSR count). The lowest BCUT2D eigenvalue weighted by atomic mass is 10.2. The van der Waals surface area contributed by atoms with Crippen LogP contribution in [-0.2, 0) is 4.74 Å². The zero-order valence-electron chi connectivity index (χ0n) is 11.6. The molecule has 1 atom stereocenters. The highest BCUT2D eigenvalue weighted by atomic mass is 16.6. The van der Waals surface area contributed by atoms with Crippen molar-refractivity contribution in [2.45, 2.75) is 38.8 Å². The average Bonchev–Trinajstić information content (AvgIpc) is 2.77. The van der Waals surface area contributed by atoms with E-state index >= 15 is 0 Å². The molecule has 6 nitrogen and oxygen atoms in total. The number of hydrogen-bond acceptors (Lipinski definition) is 5. The predicted octanol–water partition coefficient (Wildman–Crippen LogP) is 1.90. The Labute approximate surface area is 113 Å². The van der Waals surface area contributed by atoms with Crippen molar-refractivity contribution in [2.24, 2.45) is 0 Å². The van der Waals surface area contributed by atoms with Crippen LogP contribution < -0.4 is 5.32 Å². The molecule has 1 aromatic rings. The summed E-state index contributed by atoms with van der Waals surface area (Å²) in [5.41, 5.74) is -0.451. The molecular formula is C13H20N4O2. The van der Waals surface area contributed by atoms with E-state index in [2.05, 4.69) is 15.3 Å². The first-order valence-corrected chi connectivity index (χ1v) is 6.44. The lowest BCUT2D eigenvalue weighted by Gasteiger charge is -2.24. The summed E-state index contributed by atoms with van der Waals surface area (Å²) in [6.45, 7) is 6.95. The number of rotatable bonds is 2. The molecule has 1 unspecified atom stereocenters. The number of anilines is 1. The maximum atomic E-state index is 11.9. The lowest BCUT2D eigenvalue weighted by Crippen LogP contribution is -2.36. The van der Waals surface area contributed by atoms with Crippen molar-refractivity contribution in [3.63, 3.8) is 0 Å². The third kappa shape index (κ3) is 4.08. The number of aromatic nitrogens is 2. The molecule has 0 spiro atoms. The summed E-state index contributed by atoms with van der Waals surface area (Å²) in [6.07, 6.45) is 5.58. The van der Waals surface area contributed by atoms with E-state index < -0.39 is 5.60 Å². The summed E-state index contributed by atoms with van der Waals surface area (Å²) in [4.78, 5) is 21.8. The maximum Gasteiger partial charge on any atom is 0.410 e. The van der Waals surface area contributed by atoms with Gasteiger partial charge in [-0.3, -0.25) is 4.98 Å². The highest BCUT2D eigenvalue weighted by Gasteiger charge is 2.29. The second kappa shape index (κ2) is 5.42. The molecule has 1 amide bonds. The Morgan fingerprint density at radius 3 is 2.89 bits per heavy atom. The van der Waals surface area contributed by atoms with Gasteiger partial charge in [0.25, 0.3) is 0 Å². The zero-order valence-corrected chi connectivity index (χ0v) is 11.6. The van der Waals surface area contributed by atoms with E-state index in [1.54, 1.807) is 23.5 Å². The molecule has 0 saturated carbocycles. The van der Waals surface area contributed by atoms with E-state index in [9.17, 15) is 4.79 Å². The Bertz CT molecular complexity index is 430. The molecule has 2 heterocycles. The quantitative estimate of drug-likeness (QED) is 0.883. The molecule has 1 aliphatic heterocycles. The number of ether oxygens (including phenoxy) is 1. The summed E-state index contributed by atoms with van der Waals surface area (Å²) in [5.74, 6) is 0.735. The Morgan fingerprint density at radius 2 is 2.26 bits per heavy atom. The smallest absolute Gasteiger partial charge is 0.410 e. The monoisotopic (exact) mass is 264 g/mol. The number of hydrogen-bond donors (Lipinski definition) is 1. The number of likely N-dealkylation sites (tertiary alicyclic amines) is 1. The predicted molar refractivity (Wildman–Crippen MR) is 71.9 cm³/mol. The van der Waals surface area contributed by atoms with Crippen LogP contribution in [0.25, 0.3) is 0 Å². The standard InChI is InChI=1S/C13H20N4O2/c1-13(2,3)19-12(18)17-7-4-10(9-17)16-11-8-14-5-6-15-11/h5-6,8,10H,4,7,9H2,1-3H3,(H,15,16). The highest BCUT2D eigenvalue weighted by Crippen LogP contribution is 2.17. The fourth-order valence-corrected chi connectivity index (χ4v) is 1.95. The van der Waals surface area contributed by atoms with E-state index in [-0.39, 0.29) is 12.1 Å². The van der Waals surface area contributed by atoms with E-state index in [0.29, 0.717) is 13.1 Å². The SMILES string of the molecule is CC(C)(C)OC(=O)N1CCC(Nc2cnccn2)C1. The molecule has 0 radical (unpaired) electrons. The fraction of sp³-hybridized carbons (Fsp3) is 0.615. The lowest BCUT2D eigenvalue weighted by molar-refractivity contribution is 0.0293. The maximum absolute atomic E-state index is 11.9. The van der Waals surface area contributed by atoms with Crippen LogP contribution in [0.5, 0.6) is 0 Å². The first-order chi connectivity index (χ1) is 8.94. The molecule has 104 valence electrons. The van der Waals surface area contributed by atoms with Crippen LogP contribution >= 0.6 is 0 Å². The minimum atomic E-state index is -0.451. The summed E-state index contributed by atoms with van der Waals surface area (Å²) < 4.78 is 5.35. The van der Waals surface area contributed by atoms with Crippen molar-refractivity contribution in [1.82, 2.24) is 14.9 Å². The van der Waals surface area contributed by atoms with Crippen molar-refractivity contribution in [3.05, 3.63) is 18.6 Å². The second-order valence-corrected chi connectivity index (χ2v) is 5.65. The van der Waals surface area contributed by atoms with Crippen molar-refractivity contribution in [2.75, 3.05) is 18.4 Å². The summed E-state index contributed by atoms with van der Waals surface area (Å²) in [6, 6.07) is 0.198. The van der Waals surface area contributed by atoms with Crippen molar-refractivity contribution < 1.29 is 9.53 Å². The van der Waals surface area contributed by atoms with Crippen LogP contribution in [0.3, 0.4) is 0 Å². The molecule has 0 aromatic carbocycles. The van der Waals surface area contributed by atoms with E-state index in [0.717, 1.165) is 12.2 Å². The Morgan fingerprint density at radius 1 is 1.47 bits per heavy atom. The second-order valence-electron chi connectivity index (χ2n) is 5.65. The molecule has 19 heavy (non-hydrogen) atoms. The van der Waals surface area contributed by atoms with Gasteiger partial charge in [0.15, 0.2) is 0 Å². The minimum absolute atomic E-state index is 0.198. The van der Waals surface area contributed by atoms with Crippen molar-refractivity contribution in [3.8, 4) is 0 Å². The number of nitrogens with zero attached hydrogens (tertiary/aromatic N) is 3.